The van der Waals surface area contributed by atoms with Crippen LogP contribution in [0.5, 0.6) is 0 Å². The highest BCUT2D eigenvalue weighted by atomic mass is 35.5. The van der Waals surface area contributed by atoms with Gasteiger partial charge in [0, 0.05) is 23.8 Å². The van der Waals surface area contributed by atoms with Crippen molar-refractivity contribution in [3.05, 3.63) is 35.0 Å². The Morgan fingerprint density at radius 1 is 1.36 bits per heavy atom. The molecule has 1 heterocycles. The topological polar surface area (TPSA) is 43.3 Å². The van der Waals surface area contributed by atoms with Gasteiger partial charge in [0.1, 0.15) is 5.60 Å². The molecule has 0 bridgehead atoms. The fourth-order valence-corrected chi connectivity index (χ4v) is 2.57. The molecule has 120 valence electrons. The normalized spacial score (nSPS) is 13.2. The van der Waals surface area contributed by atoms with Crippen LogP contribution in [0.15, 0.2) is 24.4 Å². The van der Waals surface area contributed by atoms with Crippen LogP contribution in [0.25, 0.3) is 10.9 Å². The number of aryl methyl sites for hydroxylation is 1. The highest BCUT2D eigenvalue weighted by molar-refractivity contribution is 6.32. The van der Waals surface area contributed by atoms with Gasteiger partial charge in [-0.15, -0.1) is 0 Å². The Balaban J connectivity index is 2.12. The highest BCUT2D eigenvalue weighted by Crippen LogP contribution is 2.28. The monoisotopic (exact) mass is 322 g/mol. The Bertz CT molecular complexity index is 686. The minimum absolute atomic E-state index is 0.0992. The van der Waals surface area contributed by atoms with Gasteiger partial charge in [-0.25, -0.2) is 4.79 Å². The van der Waals surface area contributed by atoms with Crippen LogP contribution in [-0.4, -0.2) is 22.8 Å². The van der Waals surface area contributed by atoms with Crippen LogP contribution in [-0.2, 0) is 4.74 Å². The van der Waals surface area contributed by atoms with E-state index >= 15 is 0 Å². The van der Waals surface area contributed by atoms with E-state index in [9.17, 15) is 4.79 Å². The molecular weight excluding hydrogens is 300 g/mol. The third-order valence-electron chi connectivity index (χ3n) is 3.48. The summed E-state index contributed by atoms with van der Waals surface area (Å²) in [5.41, 5.74) is 1.66. The second-order valence-corrected chi connectivity index (χ2v) is 6.97. The molecule has 2 rings (SSSR count). The number of carbonyl (C=O) groups excluding carboxylic acids is 1. The molecule has 0 unspecified atom stereocenters. The fraction of sp³-hybridized carbons (Fsp3) is 0.471. The van der Waals surface area contributed by atoms with Gasteiger partial charge in [0.2, 0.25) is 0 Å². The molecule has 0 aliphatic heterocycles. The molecule has 0 radical (unpaired) electrons. The van der Waals surface area contributed by atoms with Gasteiger partial charge in [0.25, 0.3) is 0 Å². The van der Waals surface area contributed by atoms with Crippen LogP contribution < -0.4 is 5.32 Å². The lowest BCUT2D eigenvalue weighted by atomic mass is 10.1. The summed E-state index contributed by atoms with van der Waals surface area (Å²) < 4.78 is 7.39. The molecule has 0 fully saturated rings. The summed E-state index contributed by atoms with van der Waals surface area (Å²) in [6, 6.07) is 6.08. The molecule has 1 amide bonds. The maximum atomic E-state index is 11.8. The largest absolute Gasteiger partial charge is 0.444 e. The number of nitrogens with zero attached hydrogens (tertiary/aromatic N) is 1. The standard InChI is InChI=1S/C17H23ClN2O2/c1-11(10-19-16(21)22-17(3,4)5)20-9-8-13-6-7-14(18)12(2)15(13)20/h6-9,11H,10H2,1-5H3,(H,19,21)/t11-/m1/s1. The second-order valence-electron chi connectivity index (χ2n) is 6.57. The number of benzene rings is 1. The lowest BCUT2D eigenvalue weighted by Gasteiger charge is -2.22. The van der Waals surface area contributed by atoms with E-state index in [1.807, 2.05) is 46.0 Å². The average Bonchev–Trinajstić information content (AvgIpc) is 2.83. The lowest BCUT2D eigenvalue weighted by Crippen LogP contribution is -2.35. The van der Waals surface area contributed by atoms with Gasteiger partial charge in [-0.3, -0.25) is 0 Å². The number of nitrogens with one attached hydrogen (secondary N) is 1. The van der Waals surface area contributed by atoms with E-state index in [0.29, 0.717) is 6.54 Å². The number of halogens is 1. The van der Waals surface area contributed by atoms with Crippen molar-refractivity contribution in [1.82, 2.24) is 9.88 Å². The molecule has 0 saturated heterocycles. The maximum absolute atomic E-state index is 11.8. The van der Waals surface area contributed by atoms with Crippen LogP contribution in [0.2, 0.25) is 5.02 Å². The lowest BCUT2D eigenvalue weighted by molar-refractivity contribution is 0.0521. The first-order valence-electron chi connectivity index (χ1n) is 7.41. The molecule has 1 aromatic carbocycles. The van der Waals surface area contributed by atoms with Crippen LogP contribution >= 0.6 is 11.6 Å². The van der Waals surface area contributed by atoms with Gasteiger partial charge < -0.3 is 14.6 Å². The Labute approximate surface area is 136 Å². The number of rotatable bonds is 3. The summed E-state index contributed by atoms with van der Waals surface area (Å²) in [7, 11) is 0. The predicted octanol–water partition coefficient (Wildman–Crippen LogP) is 4.69. The molecule has 5 heteroatoms. The molecule has 0 saturated carbocycles. The molecule has 4 nitrogen and oxygen atoms in total. The average molecular weight is 323 g/mol. The first kappa shape index (κ1) is 16.7. The smallest absolute Gasteiger partial charge is 0.407 e. The Kier molecular flexibility index (Phi) is 4.71. The third-order valence-corrected chi connectivity index (χ3v) is 3.89. The maximum Gasteiger partial charge on any atom is 0.407 e. The van der Waals surface area contributed by atoms with Crippen molar-refractivity contribution in [1.29, 1.82) is 0 Å². The first-order valence-corrected chi connectivity index (χ1v) is 7.79. The van der Waals surface area contributed by atoms with Crippen molar-refractivity contribution >= 4 is 28.6 Å². The summed E-state index contributed by atoms with van der Waals surface area (Å²) in [6.45, 7) is 10.1. The second kappa shape index (κ2) is 6.21. The zero-order valence-corrected chi connectivity index (χ0v) is 14.5. The van der Waals surface area contributed by atoms with Crippen molar-refractivity contribution in [2.24, 2.45) is 0 Å². The Morgan fingerprint density at radius 3 is 2.68 bits per heavy atom. The quantitative estimate of drug-likeness (QED) is 0.891. The van der Waals surface area contributed by atoms with Crippen molar-refractivity contribution in [3.63, 3.8) is 0 Å². The van der Waals surface area contributed by atoms with Crippen molar-refractivity contribution in [2.75, 3.05) is 6.54 Å². The van der Waals surface area contributed by atoms with Gasteiger partial charge in [-0.05, 0) is 57.7 Å². The molecule has 1 aromatic heterocycles. The van der Waals surface area contributed by atoms with Gasteiger partial charge in [0.15, 0.2) is 0 Å². The van der Waals surface area contributed by atoms with Gasteiger partial charge in [-0.1, -0.05) is 17.7 Å². The van der Waals surface area contributed by atoms with Crippen molar-refractivity contribution < 1.29 is 9.53 Å². The number of hydrogen-bond acceptors (Lipinski definition) is 2. The Morgan fingerprint density at radius 2 is 2.05 bits per heavy atom. The van der Waals surface area contributed by atoms with Crippen molar-refractivity contribution in [2.45, 2.75) is 46.3 Å². The van der Waals surface area contributed by atoms with E-state index in [1.54, 1.807) is 0 Å². The highest BCUT2D eigenvalue weighted by Gasteiger charge is 2.17. The molecule has 1 N–H and O–H groups in total. The zero-order valence-electron chi connectivity index (χ0n) is 13.7. The first-order chi connectivity index (χ1) is 10.2. The van der Waals surface area contributed by atoms with Crippen LogP contribution in [0, 0.1) is 6.92 Å². The van der Waals surface area contributed by atoms with Crippen LogP contribution in [0.3, 0.4) is 0 Å². The minimum Gasteiger partial charge on any atom is -0.444 e. The number of alkyl carbamates (subject to hydrolysis) is 1. The predicted molar refractivity (Wildman–Crippen MR) is 90.6 cm³/mol. The number of carbonyl (C=O) groups is 1. The van der Waals surface area contributed by atoms with E-state index in [1.165, 1.54) is 0 Å². The van der Waals surface area contributed by atoms with Gasteiger partial charge in [0.05, 0.1) is 5.52 Å². The number of amides is 1. The van der Waals surface area contributed by atoms with Crippen LogP contribution in [0.4, 0.5) is 4.79 Å². The summed E-state index contributed by atoms with van der Waals surface area (Å²) in [5, 5.41) is 4.71. The van der Waals surface area contributed by atoms with Crippen LogP contribution in [0.1, 0.15) is 39.3 Å². The molecule has 0 aliphatic carbocycles. The van der Waals surface area contributed by atoms with E-state index in [-0.39, 0.29) is 6.04 Å². The Hall–Kier alpha value is -1.68. The van der Waals surface area contributed by atoms with Gasteiger partial charge >= 0.3 is 6.09 Å². The molecule has 1 atom stereocenters. The van der Waals surface area contributed by atoms with E-state index < -0.39 is 11.7 Å². The number of ether oxygens (including phenoxy) is 1. The van der Waals surface area contributed by atoms with Gasteiger partial charge in [-0.2, -0.15) is 0 Å². The zero-order chi connectivity index (χ0) is 16.5. The molecular formula is C17H23ClN2O2. The van der Waals surface area contributed by atoms with Crippen molar-refractivity contribution in [3.8, 4) is 0 Å². The fourth-order valence-electron chi connectivity index (χ4n) is 2.42. The molecule has 2 aromatic rings. The number of aromatic nitrogens is 1. The summed E-state index contributed by atoms with van der Waals surface area (Å²) in [6.07, 6.45) is 1.63. The summed E-state index contributed by atoms with van der Waals surface area (Å²) in [5.74, 6) is 0. The minimum atomic E-state index is -0.489. The third kappa shape index (κ3) is 3.74. The van der Waals surface area contributed by atoms with E-state index in [2.05, 4.69) is 22.9 Å². The van der Waals surface area contributed by atoms with E-state index in [4.69, 9.17) is 16.3 Å². The number of fused-ring (bicyclic) bond motifs is 1. The number of hydrogen-bond donors (Lipinski definition) is 1. The van der Waals surface area contributed by atoms with E-state index in [0.717, 1.165) is 21.5 Å². The summed E-state index contributed by atoms with van der Waals surface area (Å²) in [4.78, 5) is 11.8. The molecule has 0 spiro atoms. The summed E-state index contributed by atoms with van der Waals surface area (Å²) >= 11 is 6.22. The SMILES string of the molecule is Cc1c(Cl)ccc2ccn([C@H](C)CNC(=O)OC(C)(C)C)c12. The molecule has 22 heavy (non-hydrogen) atoms. The molecule has 0 aliphatic rings.